The minimum atomic E-state index is -0.813. The Kier molecular flexibility index (Phi) is 6.00. The van der Waals surface area contributed by atoms with Crippen molar-refractivity contribution in [1.29, 1.82) is 0 Å². The van der Waals surface area contributed by atoms with Crippen LogP contribution in [0.2, 0.25) is 0 Å². The van der Waals surface area contributed by atoms with E-state index in [1.807, 2.05) is 68.8 Å². The lowest BCUT2D eigenvalue weighted by molar-refractivity contribution is -0.0123. The maximum absolute atomic E-state index is 10.7. The number of hydrogen-bond acceptors (Lipinski definition) is 9. The molecule has 2 aliphatic heterocycles. The summed E-state index contributed by atoms with van der Waals surface area (Å²) in [4.78, 5) is 20.2. The Morgan fingerprint density at radius 2 is 2.00 bits per heavy atom. The van der Waals surface area contributed by atoms with E-state index >= 15 is 0 Å². The van der Waals surface area contributed by atoms with Gasteiger partial charge in [-0.25, -0.2) is 15.0 Å². The molecule has 1 fully saturated rings. The van der Waals surface area contributed by atoms with Gasteiger partial charge in [0.1, 0.15) is 29.2 Å². The Labute approximate surface area is 221 Å². The van der Waals surface area contributed by atoms with Gasteiger partial charge in [0.25, 0.3) is 0 Å². The number of aryl methyl sites for hydroxylation is 2. The van der Waals surface area contributed by atoms with Gasteiger partial charge in [-0.3, -0.25) is 9.89 Å². The number of likely N-dealkylation sites (tertiary alicyclic amines) is 1. The summed E-state index contributed by atoms with van der Waals surface area (Å²) in [5.41, 5.74) is 4.51. The molecule has 4 heterocycles. The van der Waals surface area contributed by atoms with Crippen molar-refractivity contribution in [2.24, 2.45) is 12.0 Å². The van der Waals surface area contributed by atoms with Gasteiger partial charge in [-0.05, 0) is 69.5 Å². The summed E-state index contributed by atoms with van der Waals surface area (Å²) in [7, 11) is 1.97. The van der Waals surface area contributed by atoms with Crippen LogP contribution in [-0.2, 0) is 7.05 Å². The van der Waals surface area contributed by atoms with Crippen molar-refractivity contribution in [1.82, 2.24) is 24.4 Å². The summed E-state index contributed by atoms with van der Waals surface area (Å²) in [6, 6.07) is 11.9. The van der Waals surface area contributed by atoms with Gasteiger partial charge < -0.3 is 25.0 Å². The van der Waals surface area contributed by atoms with E-state index in [-0.39, 0.29) is 12.3 Å². The predicted octanol–water partition coefficient (Wildman–Crippen LogP) is 4.57. The number of ether oxygens (including phenoxy) is 1. The van der Waals surface area contributed by atoms with Gasteiger partial charge in [0.15, 0.2) is 12.1 Å². The van der Waals surface area contributed by atoms with Crippen LogP contribution < -0.4 is 15.4 Å². The molecule has 2 atom stereocenters. The molecule has 0 aliphatic carbocycles. The molecule has 38 heavy (non-hydrogen) atoms. The van der Waals surface area contributed by atoms with Gasteiger partial charge in [-0.15, -0.1) is 0 Å². The van der Waals surface area contributed by atoms with Crippen LogP contribution in [0, 0.1) is 6.92 Å². The lowest BCUT2D eigenvalue weighted by Gasteiger charge is -2.38. The Morgan fingerprint density at radius 3 is 2.82 bits per heavy atom. The highest BCUT2D eigenvalue weighted by Gasteiger charge is 2.40. The van der Waals surface area contributed by atoms with Crippen LogP contribution in [0.5, 0.6) is 11.5 Å². The number of anilines is 3. The van der Waals surface area contributed by atoms with E-state index in [9.17, 15) is 5.11 Å². The molecule has 2 unspecified atom stereocenters. The molecule has 4 aromatic rings. The highest BCUT2D eigenvalue weighted by molar-refractivity contribution is 5.92. The Balaban J connectivity index is 1.20. The van der Waals surface area contributed by atoms with Crippen molar-refractivity contribution in [3.63, 3.8) is 0 Å². The third-order valence-corrected chi connectivity index (χ3v) is 7.27. The average molecular weight is 513 g/mol. The Hall–Kier alpha value is -4.02. The first-order valence-corrected chi connectivity index (χ1v) is 12.9. The summed E-state index contributed by atoms with van der Waals surface area (Å²) in [6.45, 7) is 6.60. The largest absolute Gasteiger partial charge is 0.457 e. The standard InChI is InChI=1S/C28H32N8O2/c1-17-12-18(7-10-23(17)38-19-8-9-22-20(13-19)32-16-35(22)4)33-26-25-21(30-15-31-26)14-29-27(34-25)36-11-5-6-24(36)28(2,3)37/h7-10,12-16,24,27,34,37H,5-6,11H2,1-4H3,(H,30,31,33). The lowest BCUT2D eigenvalue weighted by atomic mass is 9.97. The van der Waals surface area contributed by atoms with E-state index in [1.54, 1.807) is 12.5 Å². The van der Waals surface area contributed by atoms with E-state index in [0.29, 0.717) is 5.82 Å². The molecule has 0 amide bonds. The number of aliphatic imine (C=N–C) groups is 1. The molecular formula is C28H32N8O2. The first-order chi connectivity index (χ1) is 18.3. The van der Waals surface area contributed by atoms with Crippen LogP contribution in [0.15, 0.2) is 54.0 Å². The number of aliphatic hydroxyl groups is 1. The van der Waals surface area contributed by atoms with Gasteiger partial charge in [-0.1, -0.05) is 0 Å². The normalized spacial score (nSPS) is 19.4. The summed E-state index contributed by atoms with van der Waals surface area (Å²) in [5.74, 6) is 2.18. The summed E-state index contributed by atoms with van der Waals surface area (Å²) < 4.78 is 8.16. The molecule has 2 aliphatic rings. The van der Waals surface area contributed by atoms with Crippen molar-refractivity contribution in [2.45, 2.75) is 51.5 Å². The van der Waals surface area contributed by atoms with Crippen LogP contribution in [0.1, 0.15) is 37.9 Å². The Bertz CT molecular complexity index is 1520. The van der Waals surface area contributed by atoms with Gasteiger partial charge in [0.05, 0.1) is 29.2 Å². The van der Waals surface area contributed by atoms with Crippen molar-refractivity contribution >= 4 is 34.4 Å². The van der Waals surface area contributed by atoms with E-state index in [4.69, 9.17) is 4.74 Å². The number of rotatable bonds is 6. The van der Waals surface area contributed by atoms with E-state index < -0.39 is 5.60 Å². The predicted molar refractivity (Wildman–Crippen MR) is 148 cm³/mol. The second-order valence-corrected chi connectivity index (χ2v) is 10.5. The molecule has 0 bridgehead atoms. The smallest absolute Gasteiger partial charge is 0.176 e. The fourth-order valence-electron chi connectivity index (χ4n) is 5.34. The van der Waals surface area contributed by atoms with Crippen molar-refractivity contribution < 1.29 is 9.84 Å². The number of hydrogen-bond donors (Lipinski definition) is 3. The molecule has 0 spiro atoms. The molecule has 0 radical (unpaired) electrons. The van der Waals surface area contributed by atoms with Crippen molar-refractivity contribution in [3.8, 4) is 11.5 Å². The zero-order valence-corrected chi connectivity index (χ0v) is 22.0. The lowest BCUT2D eigenvalue weighted by Crippen LogP contribution is -2.52. The first kappa shape index (κ1) is 24.3. The van der Waals surface area contributed by atoms with Gasteiger partial charge in [0, 0.05) is 31.4 Å². The molecular weight excluding hydrogens is 480 g/mol. The topological polar surface area (TPSA) is 113 Å². The molecule has 6 rings (SSSR count). The fourth-order valence-corrected chi connectivity index (χ4v) is 5.34. The van der Waals surface area contributed by atoms with Crippen LogP contribution in [0.25, 0.3) is 11.0 Å². The third kappa shape index (κ3) is 4.57. The minimum Gasteiger partial charge on any atom is -0.457 e. The SMILES string of the molecule is Cc1cc(Nc2ncnc3c2NC(N2CCCC2C(C)(C)O)N=C3)ccc1Oc1ccc2c(c1)ncn2C. The van der Waals surface area contributed by atoms with Gasteiger partial charge in [-0.2, -0.15) is 0 Å². The molecule has 0 saturated carbocycles. The summed E-state index contributed by atoms with van der Waals surface area (Å²) in [5, 5.41) is 17.6. The number of nitrogens with one attached hydrogen (secondary N) is 2. The van der Waals surface area contributed by atoms with Crippen LogP contribution in [-0.4, -0.2) is 60.2 Å². The number of nitrogens with zero attached hydrogens (tertiary/aromatic N) is 6. The fraction of sp³-hybridized carbons (Fsp3) is 0.357. The van der Waals surface area contributed by atoms with Gasteiger partial charge >= 0.3 is 0 Å². The van der Waals surface area contributed by atoms with Crippen LogP contribution in [0.3, 0.4) is 0 Å². The molecule has 10 nitrogen and oxygen atoms in total. The highest BCUT2D eigenvalue weighted by Crippen LogP contribution is 2.35. The second-order valence-electron chi connectivity index (χ2n) is 10.5. The first-order valence-electron chi connectivity index (χ1n) is 12.9. The average Bonchev–Trinajstić information content (AvgIpc) is 3.53. The number of aromatic nitrogens is 4. The van der Waals surface area contributed by atoms with E-state index in [0.717, 1.165) is 64.6 Å². The molecule has 2 aromatic carbocycles. The zero-order valence-electron chi connectivity index (χ0n) is 22.0. The van der Waals surface area contributed by atoms with Crippen molar-refractivity contribution in [2.75, 3.05) is 17.2 Å². The summed E-state index contributed by atoms with van der Waals surface area (Å²) in [6.07, 6.45) is 6.78. The van der Waals surface area contributed by atoms with Gasteiger partial charge in [0.2, 0.25) is 0 Å². The van der Waals surface area contributed by atoms with Crippen LogP contribution in [0.4, 0.5) is 17.2 Å². The summed E-state index contributed by atoms with van der Waals surface area (Å²) >= 11 is 0. The molecule has 10 heteroatoms. The number of benzene rings is 2. The number of imidazole rings is 1. The third-order valence-electron chi connectivity index (χ3n) is 7.27. The molecule has 1 saturated heterocycles. The minimum absolute atomic E-state index is 0.0216. The van der Waals surface area contributed by atoms with Crippen molar-refractivity contribution in [3.05, 3.63) is 60.3 Å². The van der Waals surface area contributed by atoms with E-state index in [2.05, 4.69) is 35.5 Å². The zero-order chi connectivity index (χ0) is 26.4. The quantitative estimate of drug-likeness (QED) is 0.344. The molecule has 3 N–H and O–H groups in total. The molecule has 2 aromatic heterocycles. The molecule has 196 valence electrons. The maximum Gasteiger partial charge on any atom is 0.176 e. The highest BCUT2D eigenvalue weighted by atomic mass is 16.5. The van der Waals surface area contributed by atoms with E-state index in [1.165, 1.54) is 6.33 Å². The number of fused-ring (bicyclic) bond motifs is 2. The van der Waals surface area contributed by atoms with Crippen LogP contribution >= 0.6 is 0 Å². The second kappa shape index (κ2) is 9.38. The Morgan fingerprint density at radius 1 is 1.13 bits per heavy atom. The maximum atomic E-state index is 10.7. The monoisotopic (exact) mass is 512 g/mol.